The van der Waals surface area contributed by atoms with Gasteiger partial charge in [-0.05, 0) is 48.6 Å². The number of methoxy groups -OCH3 is 2. The van der Waals surface area contributed by atoms with E-state index in [0.717, 1.165) is 0 Å². The van der Waals surface area contributed by atoms with Crippen LogP contribution in [0.5, 0.6) is 11.5 Å². The summed E-state index contributed by atoms with van der Waals surface area (Å²) in [4.78, 5) is 12.2. The first kappa shape index (κ1) is 18.7. The standard InChI is InChI=1S/C18H20N2O4S/c1-22-11-12-24-14-9-7-13(8-10-14)17(21)20-18(25)19-15-5-3-4-6-16(15)23-2/h3-10H,11-12H2,1-2H3,(H2,19,20,21,25). The Hall–Kier alpha value is -2.64. The van der Waals surface area contributed by atoms with Gasteiger partial charge in [0.05, 0.1) is 19.4 Å². The number of carbonyl (C=O) groups is 1. The van der Waals surface area contributed by atoms with Gasteiger partial charge in [-0.15, -0.1) is 0 Å². The van der Waals surface area contributed by atoms with E-state index < -0.39 is 0 Å². The van der Waals surface area contributed by atoms with Crippen LogP contribution in [0.3, 0.4) is 0 Å². The zero-order chi connectivity index (χ0) is 18.1. The number of thiocarbonyl (C=S) groups is 1. The summed E-state index contributed by atoms with van der Waals surface area (Å²) in [6.07, 6.45) is 0. The molecule has 132 valence electrons. The maximum absolute atomic E-state index is 12.2. The van der Waals surface area contributed by atoms with Gasteiger partial charge in [0.25, 0.3) is 5.91 Å². The Balaban J connectivity index is 1.91. The minimum atomic E-state index is -0.309. The van der Waals surface area contributed by atoms with Gasteiger partial charge in [0.1, 0.15) is 18.1 Å². The summed E-state index contributed by atoms with van der Waals surface area (Å²) in [6, 6.07) is 14.1. The van der Waals surface area contributed by atoms with Gasteiger partial charge in [-0.1, -0.05) is 12.1 Å². The monoisotopic (exact) mass is 360 g/mol. The second-order valence-electron chi connectivity index (χ2n) is 4.97. The number of hydrogen-bond acceptors (Lipinski definition) is 5. The van der Waals surface area contributed by atoms with Crippen LogP contribution in [0.15, 0.2) is 48.5 Å². The highest BCUT2D eigenvalue weighted by Gasteiger charge is 2.10. The van der Waals surface area contributed by atoms with E-state index in [9.17, 15) is 4.79 Å². The Labute approximate surface area is 152 Å². The molecule has 0 heterocycles. The van der Waals surface area contributed by atoms with Gasteiger partial charge in [0.2, 0.25) is 0 Å². The summed E-state index contributed by atoms with van der Waals surface area (Å²) in [6.45, 7) is 0.958. The fraction of sp³-hybridized carbons (Fsp3) is 0.222. The molecule has 7 heteroatoms. The number of anilines is 1. The zero-order valence-corrected chi connectivity index (χ0v) is 14.9. The summed E-state index contributed by atoms with van der Waals surface area (Å²) in [7, 11) is 3.18. The second kappa shape index (κ2) is 9.61. The second-order valence-corrected chi connectivity index (χ2v) is 5.38. The number of amides is 1. The zero-order valence-electron chi connectivity index (χ0n) is 14.1. The topological polar surface area (TPSA) is 68.8 Å². The van der Waals surface area contributed by atoms with Gasteiger partial charge in [-0.3, -0.25) is 10.1 Å². The van der Waals surface area contributed by atoms with E-state index in [2.05, 4.69) is 10.6 Å². The lowest BCUT2D eigenvalue weighted by molar-refractivity contribution is 0.0977. The molecule has 0 aromatic heterocycles. The van der Waals surface area contributed by atoms with Crippen LogP contribution in [0.2, 0.25) is 0 Å². The molecule has 0 spiro atoms. The molecule has 0 aliphatic rings. The number of nitrogens with one attached hydrogen (secondary N) is 2. The summed E-state index contributed by atoms with van der Waals surface area (Å²) in [5.41, 5.74) is 1.15. The van der Waals surface area contributed by atoms with Crippen molar-refractivity contribution in [1.82, 2.24) is 5.32 Å². The van der Waals surface area contributed by atoms with Gasteiger partial charge in [-0.2, -0.15) is 0 Å². The molecule has 1 amide bonds. The van der Waals surface area contributed by atoms with Crippen molar-refractivity contribution in [1.29, 1.82) is 0 Å². The van der Waals surface area contributed by atoms with Crippen LogP contribution < -0.4 is 20.1 Å². The van der Waals surface area contributed by atoms with Crippen molar-refractivity contribution >= 4 is 28.9 Å². The smallest absolute Gasteiger partial charge is 0.257 e. The lowest BCUT2D eigenvalue weighted by Crippen LogP contribution is -2.34. The highest BCUT2D eigenvalue weighted by atomic mass is 32.1. The number of rotatable bonds is 7. The van der Waals surface area contributed by atoms with E-state index in [1.165, 1.54) is 0 Å². The van der Waals surface area contributed by atoms with Crippen molar-refractivity contribution in [3.05, 3.63) is 54.1 Å². The largest absolute Gasteiger partial charge is 0.495 e. The highest BCUT2D eigenvalue weighted by Crippen LogP contribution is 2.22. The molecule has 0 atom stereocenters. The molecule has 0 saturated carbocycles. The third kappa shape index (κ3) is 5.74. The first-order chi connectivity index (χ1) is 12.1. The Bertz CT molecular complexity index is 719. The Kier molecular flexibility index (Phi) is 7.18. The maximum Gasteiger partial charge on any atom is 0.257 e. The van der Waals surface area contributed by atoms with Gasteiger partial charge < -0.3 is 19.5 Å². The van der Waals surface area contributed by atoms with E-state index in [1.807, 2.05) is 18.2 Å². The van der Waals surface area contributed by atoms with Crippen molar-refractivity contribution in [2.75, 3.05) is 32.8 Å². The molecule has 0 aliphatic carbocycles. The van der Waals surface area contributed by atoms with Crippen molar-refractivity contribution in [3.8, 4) is 11.5 Å². The molecule has 2 aromatic carbocycles. The Morgan fingerprint density at radius 1 is 1.04 bits per heavy atom. The van der Waals surface area contributed by atoms with E-state index in [4.69, 9.17) is 26.4 Å². The van der Waals surface area contributed by atoms with Crippen LogP contribution in [0.25, 0.3) is 0 Å². The molecule has 2 aromatic rings. The minimum absolute atomic E-state index is 0.190. The molecule has 0 fully saturated rings. The Morgan fingerprint density at radius 3 is 2.44 bits per heavy atom. The van der Waals surface area contributed by atoms with E-state index in [-0.39, 0.29) is 11.0 Å². The highest BCUT2D eigenvalue weighted by molar-refractivity contribution is 7.80. The molecular formula is C18H20N2O4S. The minimum Gasteiger partial charge on any atom is -0.495 e. The molecular weight excluding hydrogens is 340 g/mol. The molecule has 25 heavy (non-hydrogen) atoms. The maximum atomic E-state index is 12.2. The first-order valence-corrected chi connectivity index (χ1v) is 8.02. The first-order valence-electron chi connectivity index (χ1n) is 7.61. The number of ether oxygens (including phenoxy) is 3. The molecule has 6 nitrogen and oxygen atoms in total. The molecule has 0 radical (unpaired) electrons. The van der Waals surface area contributed by atoms with Crippen LogP contribution in [-0.4, -0.2) is 38.5 Å². The fourth-order valence-electron chi connectivity index (χ4n) is 2.02. The Morgan fingerprint density at radius 2 is 1.76 bits per heavy atom. The summed E-state index contributed by atoms with van der Waals surface area (Å²) < 4.78 is 15.6. The average molecular weight is 360 g/mol. The van der Waals surface area contributed by atoms with Gasteiger partial charge in [0.15, 0.2) is 5.11 Å². The van der Waals surface area contributed by atoms with Crippen LogP contribution >= 0.6 is 12.2 Å². The fourth-order valence-corrected chi connectivity index (χ4v) is 2.22. The normalized spacial score (nSPS) is 10.0. The molecule has 2 N–H and O–H groups in total. The third-order valence-corrected chi connectivity index (χ3v) is 3.46. The van der Waals surface area contributed by atoms with E-state index in [0.29, 0.717) is 36.0 Å². The predicted octanol–water partition coefficient (Wildman–Crippen LogP) is 2.85. The van der Waals surface area contributed by atoms with Crippen molar-refractivity contribution < 1.29 is 19.0 Å². The molecule has 0 aliphatic heterocycles. The summed E-state index contributed by atoms with van der Waals surface area (Å²) in [5, 5.41) is 5.77. The quantitative estimate of drug-likeness (QED) is 0.585. The van der Waals surface area contributed by atoms with Crippen LogP contribution in [0.1, 0.15) is 10.4 Å². The van der Waals surface area contributed by atoms with Crippen molar-refractivity contribution in [2.45, 2.75) is 0 Å². The predicted molar refractivity (Wildman–Crippen MR) is 100 cm³/mol. The summed E-state index contributed by atoms with van der Waals surface area (Å²) >= 11 is 5.18. The lowest BCUT2D eigenvalue weighted by atomic mass is 10.2. The molecule has 0 saturated heterocycles. The van der Waals surface area contributed by atoms with Crippen molar-refractivity contribution in [3.63, 3.8) is 0 Å². The van der Waals surface area contributed by atoms with Gasteiger partial charge >= 0.3 is 0 Å². The van der Waals surface area contributed by atoms with E-state index in [1.54, 1.807) is 44.6 Å². The van der Waals surface area contributed by atoms with Gasteiger partial charge in [0, 0.05) is 12.7 Å². The molecule has 0 unspecified atom stereocenters. The number of para-hydroxylation sites is 2. The number of benzene rings is 2. The van der Waals surface area contributed by atoms with Crippen LogP contribution in [0, 0.1) is 0 Å². The van der Waals surface area contributed by atoms with Gasteiger partial charge in [-0.25, -0.2) is 0 Å². The number of hydrogen-bond donors (Lipinski definition) is 2. The third-order valence-electron chi connectivity index (χ3n) is 3.25. The van der Waals surface area contributed by atoms with Crippen LogP contribution in [-0.2, 0) is 4.74 Å². The number of carbonyl (C=O) groups excluding carboxylic acids is 1. The molecule has 2 rings (SSSR count). The van der Waals surface area contributed by atoms with E-state index >= 15 is 0 Å². The average Bonchev–Trinajstić information content (AvgIpc) is 2.63. The lowest BCUT2D eigenvalue weighted by Gasteiger charge is -2.12. The summed E-state index contributed by atoms with van der Waals surface area (Å²) in [5.74, 6) is 0.996. The van der Waals surface area contributed by atoms with Crippen molar-refractivity contribution in [2.24, 2.45) is 0 Å². The molecule has 0 bridgehead atoms. The SMILES string of the molecule is COCCOc1ccc(C(=O)NC(=S)Nc2ccccc2OC)cc1. The van der Waals surface area contributed by atoms with Crippen LogP contribution in [0.4, 0.5) is 5.69 Å².